The zero-order chi connectivity index (χ0) is 13.3. The number of rotatable bonds is 4. The lowest BCUT2D eigenvalue weighted by molar-refractivity contribution is -0.127. The molecule has 1 aliphatic heterocycles. The summed E-state index contributed by atoms with van der Waals surface area (Å²) < 4.78 is 0.00521. The maximum absolute atomic E-state index is 12.4. The Kier molecular flexibility index (Phi) is 3.99. The van der Waals surface area contributed by atoms with Crippen LogP contribution >= 0.6 is 11.8 Å². The molecule has 96 valence electrons. The van der Waals surface area contributed by atoms with Gasteiger partial charge in [0.05, 0.1) is 13.5 Å². The van der Waals surface area contributed by atoms with Gasteiger partial charge in [-0.3, -0.25) is 4.79 Å². The predicted octanol–water partition coefficient (Wildman–Crippen LogP) is 3.19. The molecule has 2 nitrogen and oxygen atoms in total. The minimum absolute atomic E-state index is 0.00521. The van der Waals surface area contributed by atoms with Gasteiger partial charge in [0.25, 0.3) is 0 Å². The van der Waals surface area contributed by atoms with Crippen LogP contribution in [0.15, 0.2) is 24.1 Å². The lowest BCUT2D eigenvalue weighted by Crippen LogP contribution is -2.60. The van der Waals surface area contributed by atoms with Gasteiger partial charge < -0.3 is 5.32 Å². The molecule has 1 heterocycles. The Labute approximate surface area is 110 Å². The van der Waals surface area contributed by atoms with Crippen molar-refractivity contribution in [1.82, 2.24) is 5.32 Å². The highest BCUT2D eigenvalue weighted by Gasteiger charge is 2.57. The highest BCUT2D eigenvalue weighted by Crippen LogP contribution is 2.54. The van der Waals surface area contributed by atoms with Gasteiger partial charge >= 0.3 is 0 Å². The second-order valence-electron chi connectivity index (χ2n) is 5.90. The van der Waals surface area contributed by atoms with E-state index in [4.69, 9.17) is 0 Å². The Bertz CT molecular complexity index is 361. The van der Waals surface area contributed by atoms with Crippen molar-refractivity contribution >= 4 is 25.7 Å². The molecular weight excluding hydrogens is 246 g/mol. The SMILES string of the molecule is C=CCNC(=O)C1(C)C=CSC1(C)[Si](C)(C)C. The Morgan fingerprint density at radius 1 is 1.47 bits per heavy atom. The van der Waals surface area contributed by atoms with E-state index in [2.05, 4.69) is 56.9 Å². The molecule has 1 aliphatic rings. The number of amides is 1. The highest BCUT2D eigenvalue weighted by molar-refractivity contribution is 8.05. The molecule has 0 bridgehead atoms. The zero-order valence-corrected chi connectivity index (χ0v) is 13.3. The fraction of sp³-hybridized carbons (Fsp3) is 0.615. The first-order valence-electron chi connectivity index (χ1n) is 5.94. The number of hydrogen-bond acceptors (Lipinski definition) is 2. The molecule has 2 atom stereocenters. The molecule has 0 aliphatic carbocycles. The summed E-state index contributed by atoms with van der Waals surface area (Å²) in [7, 11) is -1.47. The Hall–Kier alpha value is -0.483. The van der Waals surface area contributed by atoms with Crippen LogP contribution in [-0.4, -0.2) is 24.9 Å². The van der Waals surface area contributed by atoms with Crippen LogP contribution < -0.4 is 5.32 Å². The van der Waals surface area contributed by atoms with Crippen molar-refractivity contribution in [1.29, 1.82) is 0 Å². The lowest BCUT2D eigenvalue weighted by atomic mass is 9.85. The number of nitrogens with one attached hydrogen (secondary N) is 1. The fourth-order valence-corrected chi connectivity index (χ4v) is 6.58. The minimum Gasteiger partial charge on any atom is -0.352 e. The Morgan fingerprint density at radius 3 is 2.53 bits per heavy atom. The van der Waals surface area contributed by atoms with E-state index < -0.39 is 13.5 Å². The first-order chi connectivity index (χ1) is 7.69. The third-order valence-corrected chi connectivity index (χ3v) is 10.7. The monoisotopic (exact) mass is 269 g/mol. The normalized spacial score (nSPS) is 32.5. The van der Waals surface area contributed by atoms with Crippen LogP contribution in [0.4, 0.5) is 0 Å². The summed E-state index contributed by atoms with van der Waals surface area (Å²) in [6.45, 7) is 15.4. The maximum Gasteiger partial charge on any atom is 0.231 e. The van der Waals surface area contributed by atoms with Gasteiger partial charge in [0, 0.05) is 10.9 Å². The van der Waals surface area contributed by atoms with E-state index in [1.165, 1.54) is 0 Å². The van der Waals surface area contributed by atoms with E-state index in [-0.39, 0.29) is 10.3 Å². The van der Waals surface area contributed by atoms with Crippen LogP contribution in [0.2, 0.25) is 19.6 Å². The van der Waals surface area contributed by atoms with E-state index in [1.807, 2.05) is 11.8 Å². The van der Waals surface area contributed by atoms with Gasteiger partial charge in [0.2, 0.25) is 5.91 Å². The molecule has 0 aromatic rings. The minimum atomic E-state index is -1.47. The maximum atomic E-state index is 12.4. The molecule has 0 aromatic heterocycles. The number of carbonyl (C=O) groups is 1. The number of thioether (sulfide) groups is 1. The summed E-state index contributed by atoms with van der Waals surface area (Å²) in [4.78, 5) is 12.4. The van der Waals surface area contributed by atoms with E-state index >= 15 is 0 Å². The van der Waals surface area contributed by atoms with Gasteiger partial charge in [-0.25, -0.2) is 0 Å². The van der Waals surface area contributed by atoms with Gasteiger partial charge in [-0.1, -0.05) is 38.7 Å². The lowest BCUT2D eigenvalue weighted by Gasteiger charge is -2.46. The molecule has 1 N–H and O–H groups in total. The van der Waals surface area contributed by atoms with E-state index in [0.29, 0.717) is 6.54 Å². The molecule has 1 amide bonds. The summed E-state index contributed by atoms with van der Waals surface area (Å²) in [6, 6.07) is 0. The predicted molar refractivity (Wildman–Crippen MR) is 79.8 cm³/mol. The molecule has 0 radical (unpaired) electrons. The van der Waals surface area contributed by atoms with Crippen molar-refractivity contribution in [2.45, 2.75) is 37.9 Å². The van der Waals surface area contributed by atoms with Crippen LogP contribution in [0.5, 0.6) is 0 Å². The Balaban J connectivity index is 3.04. The van der Waals surface area contributed by atoms with E-state index in [0.717, 1.165) is 0 Å². The molecule has 17 heavy (non-hydrogen) atoms. The van der Waals surface area contributed by atoms with Crippen molar-refractivity contribution in [2.24, 2.45) is 5.41 Å². The summed E-state index contributed by atoms with van der Waals surface area (Å²) >= 11 is 1.81. The number of carbonyl (C=O) groups excluding carboxylic acids is 1. The van der Waals surface area contributed by atoms with Crippen molar-refractivity contribution in [2.75, 3.05) is 6.54 Å². The molecular formula is C13H23NOSSi. The van der Waals surface area contributed by atoms with Crippen molar-refractivity contribution in [3.63, 3.8) is 0 Å². The summed E-state index contributed by atoms with van der Waals surface area (Å²) in [5.41, 5.74) is -0.412. The molecule has 0 saturated carbocycles. The highest BCUT2D eigenvalue weighted by atomic mass is 32.2. The molecule has 4 heteroatoms. The van der Waals surface area contributed by atoms with Gasteiger partial charge in [0.1, 0.15) is 0 Å². The first kappa shape index (κ1) is 14.6. The van der Waals surface area contributed by atoms with Gasteiger partial charge in [-0.2, -0.15) is 0 Å². The second kappa shape index (κ2) is 4.65. The molecule has 0 aromatic carbocycles. The topological polar surface area (TPSA) is 29.1 Å². The van der Waals surface area contributed by atoms with Crippen LogP contribution in [-0.2, 0) is 4.79 Å². The molecule has 0 fully saturated rings. The van der Waals surface area contributed by atoms with Crippen LogP contribution in [0.1, 0.15) is 13.8 Å². The van der Waals surface area contributed by atoms with Crippen LogP contribution in [0, 0.1) is 5.41 Å². The quantitative estimate of drug-likeness (QED) is 0.627. The summed E-state index contributed by atoms with van der Waals surface area (Å²) in [5, 5.41) is 5.03. The largest absolute Gasteiger partial charge is 0.352 e. The van der Waals surface area contributed by atoms with Crippen LogP contribution in [0.25, 0.3) is 0 Å². The smallest absolute Gasteiger partial charge is 0.231 e. The molecule has 1 rings (SSSR count). The van der Waals surface area contributed by atoms with Gasteiger partial charge in [-0.15, -0.1) is 18.3 Å². The fourth-order valence-electron chi connectivity index (χ4n) is 2.18. The third-order valence-electron chi connectivity index (χ3n) is 4.01. The molecule has 2 unspecified atom stereocenters. The molecule has 0 spiro atoms. The zero-order valence-electron chi connectivity index (χ0n) is 11.5. The summed E-state index contributed by atoms with van der Waals surface area (Å²) in [5.74, 6) is 0.114. The molecule has 0 saturated heterocycles. The third kappa shape index (κ3) is 2.25. The van der Waals surface area contributed by atoms with Crippen molar-refractivity contribution < 1.29 is 4.79 Å². The Morgan fingerprint density at radius 2 is 2.06 bits per heavy atom. The average molecular weight is 269 g/mol. The van der Waals surface area contributed by atoms with Crippen LogP contribution in [0.3, 0.4) is 0 Å². The van der Waals surface area contributed by atoms with Gasteiger partial charge in [0.15, 0.2) is 0 Å². The van der Waals surface area contributed by atoms with E-state index in [1.54, 1.807) is 6.08 Å². The average Bonchev–Trinajstić information content (AvgIpc) is 2.53. The van der Waals surface area contributed by atoms with Crippen molar-refractivity contribution in [3.05, 3.63) is 24.1 Å². The standard InChI is InChI=1S/C13H23NOSSi/c1-7-9-14-11(15)12(2)8-10-16-13(12,3)17(4,5)6/h7-8,10H,1,9H2,2-6H3,(H,14,15). The van der Waals surface area contributed by atoms with Gasteiger partial charge in [-0.05, 0) is 12.3 Å². The number of hydrogen-bond donors (Lipinski definition) is 1. The first-order valence-corrected chi connectivity index (χ1v) is 10.3. The summed E-state index contributed by atoms with van der Waals surface area (Å²) in [6.07, 6.45) is 3.78. The second-order valence-corrected chi connectivity index (χ2v) is 13.1. The van der Waals surface area contributed by atoms with E-state index in [9.17, 15) is 4.79 Å². The van der Waals surface area contributed by atoms with Crippen molar-refractivity contribution in [3.8, 4) is 0 Å².